The van der Waals surface area contributed by atoms with Crippen LogP contribution in [0, 0.1) is 12.8 Å². The van der Waals surface area contributed by atoms with E-state index in [0.717, 1.165) is 56.0 Å². The van der Waals surface area contributed by atoms with E-state index in [1.165, 1.54) is 0 Å². The number of piperidine rings is 1. The summed E-state index contributed by atoms with van der Waals surface area (Å²) in [6, 6.07) is 0. The molecule has 110 valence electrons. The maximum atomic E-state index is 11.2. The molecule has 2 rings (SSSR count). The fraction of sp³-hybridized carbons (Fsp3) is 0.643. The van der Waals surface area contributed by atoms with Crippen LogP contribution in [0.3, 0.4) is 0 Å². The van der Waals surface area contributed by atoms with Crippen molar-refractivity contribution in [2.75, 3.05) is 18.0 Å². The minimum atomic E-state index is -0.200. The third-order valence-electron chi connectivity index (χ3n) is 3.78. The van der Waals surface area contributed by atoms with Gasteiger partial charge in [0.1, 0.15) is 16.8 Å². The van der Waals surface area contributed by atoms with Gasteiger partial charge in [0.15, 0.2) is 0 Å². The molecule has 1 saturated heterocycles. The second-order valence-electron chi connectivity index (χ2n) is 5.29. The van der Waals surface area contributed by atoms with Crippen molar-refractivity contribution in [3.05, 3.63) is 16.5 Å². The fourth-order valence-corrected chi connectivity index (χ4v) is 2.72. The van der Waals surface area contributed by atoms with Crippen molar-refractivity contribution >= 4 is 23.3 Å². The number of carbonyl (C=O) groups is 1. The van der Waals surface area contributed by atoms with Crippen LogP contribution in [0.25, 0.3) is 0 Å². The zero-order valence-electron chi connectivity index (χ0n) is 12.0. The lowest BCUT2D eigenvalue weighted by Gasteiger charge is -2.32. The van der Waals surface area contributed by atoms with E-state index in [2.05, 4.69) is 21.8 Å². The van der Waals surface area contributed by atoms with E-state index in [-0.39, 0.29) is 11.8 Å². The van der Waals surface area contributed by atoms with Gasteiger partial charge in [0.2, 0.25) is 5.91 Å². The molecule has 1 aromatic heterocycles. The van der Waals surface area contributed by atoms with Gasteiger partial charge in [-0.05, 0) is 26.2 Å². The maximum absolute atomic E-state index is 11.2. The van der Waals surface area contributed by atoms with Crippen molar-refractivity contribution in [2.24, 2.45) is 11.7 Å². The lowest BCUT2D eigenvalue weighted by Crippen LogP contribution is -2.39. The first-order valence-electron chi connectivity index (χ1n) is 7.10. The molecule has 1 amide bonds. The predicted octanol–water partition coefficient (Wildman–Crippen LogP) is 2.09. The monoisotopic (exact) mass is 296 g/mol. The van der Waals surface area contributed by atoms with Gasteiger partial charge in [0.25, 0.3) is 0 Å². The second-order valence-corrected chi connectivity index (χ2v) is 5.65. The molecule has 0 atom stereocenters. The topological polar surface area (TPSA) is 72.1 Å². The Morgan fingerprint density at radius 3 is 2.60 bits per heavy atom. The average Bonchev–Trinajstić information content (AvgIpc) is 2.43. The smallest absolute Gasteiger partial charge is 0.220 e. The number of carbonyl (C=O) groups excluding carboxylic acids is 1. The highest BCUT2D eigenvalue weighted by Gasteiger charge is 2.25. The Balaban J connectivity index is 2.18. The van der Waals surface area contributed by atoms with Crippen LogP contribution in [-0.4, -0.2) is 29.0 Å². The summed E-state index contributed by atoms with van der Waals surface area (Å²) in [6.45, 7) is 5.60. The summed E-state index contributed by atoms with van der Waals surface area (Å²) in [4.78, 5) is 22.3. The van der Waals surface area contributed by atoms with E-state index in [1.807, 2.05) is 6.92 Å². The summed E-state index contributed by atoms with van der Waals surface area (Å²) in [5, 5.41) is 0.524. The van der Waals surface area contributed by atoms with E-state index in [9.17, 15) is 4.79 Å². The van der Waals surface area contributed by atoms with Crippen molar-refractivity contribution in [1.29, 1.82) is 0 Å². The standard InChI is InChI=1S/C14H21ClN4O/c1-3-4-11-17-12(15)9(2)14(18-11)19-7-5-10(6-8-19)13(16)20/h10H,3-8H2,1-2H3,(H2,16,20). The van der Waals surface area contributed by atoms with E-state index in [0.29, 0.717) is 5.15 Å². The van der Waals surface area contributed by atoms with Gasteiger partial charge in [-0.15, -0.1) is 0 Å². The molecule has 0 aromatic carbocycles. The molecule has 5 nitrogen and oxygen atoms in total. The average molecular weight is 297 g/mol. The van der Waals surface area contributed by atoms with Gasteiger partial charge in [-0.2, -0.15) is 0 Å². The van der Waals surface area contributed by atoms with Gasteiger partial charge in [-0.25, -0.2) is 9.97 Å². The molecular formula is C14H21ClN4O. The summed E-state index contributed by atoms with van der Waals surface area (Å²) >= 11 is 6.20. The lowest BCUT2D eigenvalue weighted by atomic mass is 9.96. The molecule has 2 heterocycles. The van der Waals surface area contributed by atoms with Crippen LogP contribution >= 0.6 is 11.6 Å². The molecule has 1 fully saturated rings. The van der Waals surface area contributed by atoms with Gasteiger partial charge in [0.05, 0.1) is 0 Å². The zero-order valence-corrected chi connectivity index (χ0v) is 12.8. The number of aromatic nitrogens is 2. The Labute approximate surface area is 124 Å². The molecule has 1 aromatic rings. The molecule has 1 aliphatic heterocycles. The molecule has 0 radical (unpaired) electrons. The van der Waals surface area contributed by atoms with Crippen molar-refractivity contribution < 1.29 is 4.79 Å². The molecule has 1 aliphatic rings. The van der Waals surface area contributed by atoms with Crippen molar-refractivity contribution in [3.8, 4) is 0 Å². The summed E-state index contributed by atoms with van der Waals surface area (Å²) in [6.07, 6.45) is 3.37. The first-order chi connectivity index (χ1) is 9.52. The van der Waals surface area contributed by atoms with Crippen LogP contribution in [0.1, 0.15) is 37.6 Å². The minimum Gasteiger partial charge on any atom is -0.369 e. The van der Waals surface area contributed by atoms with Crippen molar-refractivity contribution in [1.82, 2.24) is 9.97 Å². The zero-order chi connectivity index (χ0) is 14.7. The lowest BCUT2D eigenvalue weighted by molar-refractivity contribution is -0.122. The van der Waals surface area contributed by atoms with E-state index >= 15 is 0 Å². The fourth-order valence-electron chi connectivity index (χ4n) is 2.54. The number of aryl methyl sites for hydroxylation is 1. The molecule has 0 unspecified atom stereocenters. The van der Waals surface area contributed by atoms with E-state index < -0.39 is 0 Å². The summed E-state index contributed by atoms with van der Waals surface area (Å²) < 4.78 is 0. The van der Waals surface area contributed by atoms with Gasteiger partial charge in [-0.3, -0.25) is 4.79 Å². The number of amides is 1. The summed E-state index contributed by atoms with van der Waals surface area (Å²) in [5.74, 6) is 1.47. The highest BCUT2D eigenvalue weighted by atomic mass is 35.5. The Kier molecular flexibility index (Phi) is 4.81. The Morgan fingerprint density at radius 1 is 1.40 bits per heavy atom. The highest BCUT2D eigenvalue weighted by molar-refractivity contribution is 6.30. The Bertz CT molecular complexity index is 498. The first kappa shape index (κ1) is 15.0. The molecule has 0 spiro atoms. The van der Waals surface area contributed by atoms with Crippen LogP contribution in [0.5, 0.6) is 0 Å². The first-order valence-corrected chi connectivity index (χ1v) is 7.48. The number of rotatable bonds is 4. The molecule has 20 heavy (non-hydrogen) atoms. The molecule has 6 heteroatoms. The Morgan fingerprint density at radius 2 is 2.05 bits per heavy atom. The van der Waals surface area contributed by atoms with Crippen molar-refractivity contribution in [2.45, 2.75) is 39.5 Å². The van der Waals surface area contributed by atoms with Crippen LogP contribution < -0.4 is 10.6 Å². The van der Waals surface area contributed by atoms with Crippen LogP contribution in [0.15, 0.2) is 0 Å². The van der Waals surface area contributed by atoms with Gasteiger partial charge < -0.3 is 10.6 Å². The number of nitrogens with two attached hydrogens (primary N) is 1. The minimum absolute atomic E-state index is 0.0148. The predicted molar refractivity (Wildman–Crippen MR) is 79.9 cm³/mol. The summed E-state index contributed by atoms with van der Waals surface area (Å²) in [7, 11) is 0. The van der Waals surface area contributed by atoms with Crippen LogP contribution in [-0.2, 0) is 11.2 Å². The summed E-state index contributed by atoms with van der Waals surface area (Å²) in [5.41, 5.74) is 6.27. The largest absolute Gasteiger partial charge is 0.369 e. The number of hydrogen-bond donors (Lipinski definition) is 1. The van der Waals surface area contributed by atoms with Crippen LogP contribution in [0.4, 0.5) is 5.82 Å². The number of anilines is 1. The highest BCUT2D eigenvalue weighted by Crippen LogP contribution is 2.27. The third kappa shape index (κ3) is 3.20. The van der Waals surface area contributed by atoms with E-state index in [1.54, 1.807) is 0 Å². The third-order valence-corrected chi connectivity index (χ3v) is 4.15. The van der Waals surface area contributed by atoms with Crippen LogP contribution in [0.2, 0.25) is 5.15 Å². The Hall–Kier alpha value is -1.36. The van der Waals surface area contributed by atoms with Gasteiger partial charge >= 0.3 is 0 Å². The maximum Gasteiger partial charge on any atom is 0.220 e. The van der Waals surface area contributed by atoms with Crippen molar-refractivity contribution in [3.63, 3.8) is 0 Å². The number of primary amides is 1. The molecule has 0 aliphatic carbocycles. The number of halogens is 1. The second kappa shape index (κ2) is 6.39. The SMILES string of the molecule is CCCc1nc(Cl)c(C)c(N2CCC(C(N)=O)CC2)n1. The normalized spacial score (nSPS) is 16.4. The molecule has 0 saturated carbocycles. The molecule has 0 bridgehead atoms. The van der Waals surface area contributed by atoms with Gasteiger partial charge in [-0.1, -0.05) is 18.5 Å². The van der Waals surface area contributed by atoms with Gasteiger partial charge in [0, 0.05) is 31.0 Å². The number of nitrogens with zero attached hydrogens (tertiary/aromatic N) is 3. The number of hydrogen-bond acceptors (Lipinski definition) is 4. The molecular weight excluding hydrogens is 276 g/mol. The van der Waals surface area contributed by atoms with E-state index in [4.69, 9.17) is 17.3 Å². The molecule has 2 N–H and O–H groups in total. The quantitative estimate of drug-likeness (QED) is 0.864.